The molecule has 3 nitrogen and oxygen atoms in total. The van der Waals surface area contributed by atoms with E-state index in [2.05, 4.69) is 56.2 Å². The van der Waals surface area contributed by atoms with E-state index < -0.39 is 0 Å². The minimum atomic E-state index is 0.344. The van der Waals surface area contributed by atoms with Gasteiger partial charge in [-0.15, -0.1) is 0 Å². The largest absolute Gasteiger partial charge is 0.300 e. The van der Waals surface area contributed by atoms with Crippen molar-refractivity contribution in [3.05, 3.63) is 0 Å². The number of nitrogens with zero attached hydrogens (tertiary/aromatic N) is 3. The van der Waals surface area contributed by atoms with Crippen molar-refractivity contribution in [3.8, 4) is 0 Å². The zero-order valence-electron chi connectivity index (χ0n) is 20.5. The maximum Gasteiger partial charge on any atom is 0.0125 e. The third kappa shape index (κ3) is 4.88. The van der Waals surface area contributed by atoms with E-state index in [1.165, 1.54) is 90.6 Å². The minimum Gasteiger partial charge on any atom is -0.300 e. The van der Waals surface area contributed by atoms with E-state index in [-0.39, 0.29) is 0 Å². The second kappa shape index (κ2) is 8.10. The lowest BCUT2D eigenvalue weighted by Crippen LogP contribution is -2.56. The van der Waals surface area contributed by atoms with Gasteiger partial charge in [0.25, 0.3) is 0 Å². The molecule has 0 aromatic heterocycles. The summed E-state index contributed by atoms with van der Waals surface area (Å²) in [5, 5.41) is 0. The maximum atomic E-state index is 2.88. The molecule has 0 aromatic rings. The molecule has 0 unspecified atom stereocenters. The summed E-state index contributed by atoms with van der Waals surface area (Å²) >= 11 is 0. The molecule has 4 rings (SSSR count). The Morgan fingerprint density at radius 2 is 1.07 bits per heavy atom. The molecule has 0 atom stereocenters. The van der Waals surface area contributed by atoms with Gasteiger partial charge in [-0.2, -0.15) is 0 Å². The molecular formula is C26H49N3. The summed E-state index contributed by atoms with van der Waals surface area (Å²) in [5.74, 6) is 0.974. The van der Waals surface area contributed by atoms with Crippen molar-refractivity contribution >= 4 is 0 Å². The molecule has 3 heterocycles. The van der Waals surface area contributed by atoms with Gasteiger partial charge in [-0.05, 0) is 115 Å². The molecule has 1 spiro atoms. The van der Waals surface area contributed by atoms with Gasteiger partial charge >= 0.3 is 0 Å². The quantitative estimate of drug-likeness (QED) is 0.623. The highest BCUT2D eigenvalue weighted by Crippen LogP contribution is 2.58. The van der Waals surface area contributed by atoms with Gasteiger partial charge in [-0.3, -0.25) is 4.90 Å². The van der Waals surface area contributed by atoms with Gasteiger partial charge in [0, 0.05) is 30.7 Å². The Morgan fingerprint density at radius 3 is 1.52 bits per heavy atom. The molecule has 0 N–H and O–H groups in total. The van der Waals surface area contributed by atoms with E-state index in [1.54, 1.807) is 0 Å². The Balaban J connectivity index is 1.18. The molecule has 0 amide bonds. The average Bonchev–Trinajstić information content (AvgIpc) is 2.65. The van der Waals surface area contributed by atoms with Crippen LogP contribution in [-0.2, 0) is 0 Å². The van der Waals surface area contributed by atoms with E-state index in [0.29, 0.717) is 11.0 Å². The summed E-state index contributed by atoms with van der Waals surface area (Å²) in [6.45, 7) is 22.5. The number of hydrogen-bond acceptors (Lipinski definition) is 3. The van der Waals surface area contributed by atoms with Crippen molar-refractivity contribution in [2.24, 2.45) is 16.7 Å². The number of likely N-dealkylation sites (tertiary alicyclic amines) is 3. The molecule has 4 fully saturated rings. The summed E-state index contributed by atoms with van der Waals surface area (Å²) in [4.78, 5) is 8.42. The van der Waals surface area contributed by atoms with Crippen LogP contribution in [-0.4, -0.2) is 71.6 Å². The van der Waals surface area contributed by atoms with Crippen molar-refractivity contribution in [2.75, 3.05) is 39.3 Å². The zero-order chi connectivity index (χ0) is 20.9. The van der Waals surface area contributed by atoms with E-state index in [4.69, 9.17) is 0 Å². The fourth-order valence-corrected chi connectivity index (χ4v) is 6.89. The average molecular weight is 404 g/mol. The van der Waals surface area contributed by atoms with Crippen LogP contribution in [0.3, 0.4) is 0 Å². The maximum absolute atomic E-state index is 2.88. The van der Waals surface area contributed by atoms with Crippen LogP contribution < -0.4 is 0 Å². The zero-order valence-corrected chi connectivity index (χ0v) is 20.5. The molecule has 29 heavy (non-hydrogen) atoms. The van der Waals surface area contributed by atoms with Crippen LogP contribution in [0.15, 0.2) is 0 Å². The van der Waals surface area contributed by atoms with E-state index in [0.717, 1.165) is 23.4 Å². The predicted molar refractivity (Wildman–Crippen MR) is 124 cm³/mol. The minimum absolute atomic E-state index is 0.344. The first-order chi connectivity index (χ1) is 13.6. The predicted octanol–water partition coefficient (Wildman–Crippen LogP) is 5.25. The van der Waals surface area contributed by atoms with Gasteiger partial charge in [-0.25, -0.2) is 0 Å². The Bertz CT molecular complexity index is 525. The molecule has 3 saturated heterocycles. The molecule has 168 valence electrons. The van der Waals surface area contributed by atoms with Crippen LogP contribution in [0.4, 0.5) is 0 Å². The van der Waals surface area contributed by atoms with Gasteiger partial charge in [0.15, 0.2) is 0 Å². The van der Waals surface area contributed by atoms with Crippen molar-refractivity contribution in [1.82, 2.24) is 14.7 Å². The van der Waals surface area contributed by atoms with Crippen LogP contribution in [0.25, 0.3) is 0 Å². The van der Waals surface area contributed by atoms with Crippen LogP contribution in [0.5, 0.6) is 0 Å². The first-order valence-corrected chi connectivity index (χ1v) is 12.8. The summed E-state index contributed by atoms with van der Waals surface area (Å²) in [7, 11) is 0. The number of hydrogen-bond donors (Lipinski definition) is 0. The van der Waals surface area contributed by atoms with Crippen molar-refractivity contribution in [2.45, 2.75) is 111 Å². The highest BCUT2D eigenvalue weighted by Gasteiger charge is 2.49. The van der Waals surface area contributed by atoms with Crippen LogP contribution in [0.1, 0.15) is 92.9 Å². The van der Waals surface area contributed by atoms with Crippen molar-refractivity contribution in [3.63, 3.8) is 0 Å². The highest BCUT2D eigenvalue weighted by molar-refractivity contribution is 5.01. The third-order valence-corrected chi connectivity index (χ3v) is 9.39. The lowest BCUT2D eigenvalue weighted by Gasteiger charge is -2.57. The summed E-state index contributed by atoms with van der Waals surface area (Å²) in [6.07, 6.45) is 11.6. The van der Waals surface area contributed by atoms with Gasteiger partial charge < -0.3 is 9.80 Å². The molecule has 0 bridgehead atoms. The monoisotopic (exact) mass is 403 g/mol. The van der Waals surface area contributed by atoms with Gasteiger partial charge in [0.2, 0.25) is 0 Å². The molecule has 3 aliphatic heterocycles. The van der Waals surface area contributed by atoms with E-state index in [1.807, 2.05) is 0 Å². The molecule has 0 aromatic carbocycles. The van der Waals surface area contributed by atoms with E-state index >= 15 is 0 Å². The normalized spacial score (nSPS) is 30.0. The molecule has 3 heteroatoms. The fourth-order valence-electron chi connectivity index (χ4n) is 6.89. The van der Waals surface area contributed by atoms with Crippen molar-refractivity contribution in [1.29, 1.82) is 0 Å². The molecule has 1 aliphatic carbocycles. The van der Waals surface area contributed by atoms with Gasteiger partial charge in [0.05, 0.1) is 0 Å². The second-order valence-corrected chi connectivity index (χ2v) is 13.2. The SMILES string of the molecule is CC(C)(C)C1CC2(CCN(C3CCN(C4CCN(C(C)(C)C)CC4)CC3)CC2)C1. The smallest absolute Gasteiger partial charge is 0.0125 e. The fraction of sp³-hybridized carbons (Fsp3) is 1.00. The first-order valence-electron chi connectivity index (χ1n) is 12.8. The van der Waals surface area contributed by atoms with Crippen LogP contribution in [0.2, 0.25) is 0 Å². The first kappa shape index (κ1) is 22.1. The standard InChI is InChI=1S/C26H49N3/c1-24(2,3)21-19-26(20-21)11-17-28(18-12-26)22-7-13-27(14-8-22)23-9-15-29(16-10-23)25(4,5)6/h21-23H,7-20H2,1-6H3. The lowest BCUT2D eigenvalue weighted by molar-refractivity contribution is -0.0682. The van der Waals surface area contributed by atoms with Gasteiger partial charge in [0.1, 0.15) is 0 Å². The Labute approximate surface area is 181 Å². The second-order valence-electron chi connectivity index (χ2n) is 13.2. The molecule has 4 aliphatic rings. The number of rotatable bonds is 2. The van der Waals surface area contributed by atoms with Crippen LogP contribution >= 0.6 is 0 Å². The summed E-state index contributed by atoms with van der Waals surface area (Å²) in [5.41, 5.74) is 1.60. The number of piperidine rings is 3. The molecule has 0 radical (unpaired) electrons. The van der Waals surface area contributed by atoms with Gasteiger partial charge in [-0.1, -0.05) is 20.8 Å². The summed E-state index contributed by atoms with van der Waals surface area (Å²) < 4.78 is 0. The Morgan fingerprint density at radius 1 is 0.621 bits per heavy atom. The highest BCUT2D eigenvalue weighted by atomic mass is 15.2. The summed E-state index contributed by atoms with van der Waals surface area (Å²) in [6, 6.07) is 1.72. The third-order valence-electron chi connectivity index (χ3n) is 9.39. The molecule has 1 saturated carbocycles. The van der Waals surface area contributed by atoms with E-state index in [9.17, 15) is 0 Å². The Hall–Kier alpha value is -0.120. The topological polar surface area (TPSA) is 9.72 Å². The lowest BCUT2D eigenvalue weighted by atomic mass is 9.51. The Kier molecular flexibility index (Phi) is 6.17. The molecular weight excluding hydrogens is 354 g/mol. The van der Waals surface area contributed by atoms with Crippen molar-refractivity contribution < 1.29 is 0 Å². The van der Waals surface area contributed by atoms with Crippen LogP contribution in [0, 0.1) is 16.7 Å².